The molecule has 0 aromatic heterocycles. The highest BCUT2D eigenvalue weighted by Crippen LogP contribution is 2.23. The second-order valence-corrected chi connectivity index (χ2v) is 7.62. The van der Waals surface area contributed by atoms with Crippen molar-refractivity contribution in [3.8, 4) is 0 Å². The number of amides is 1. The predicted molar refractivity (Wildman–Crippen MR) is 110 cm³/mol. The van der Waals surface area contributed by atoms with Crippen LogP contribution in [0.1, 0.15) is 84.5 Å². The van der Waals surface area contributed by atoms with Gasteiger partial charge >= 0.3 is 5.97 Å². The van der Waals surface area contributed by atoms with E-state index in [2.05, 4.69) is 6.92 Å². The third-order valence-corrected chi connectivity index (χ3v) is 5.24. The number of esters is 1. The Hall–Kier alpha value is -1.40. The van der Waals surface area contributed by atoms with Gasteiger partial charge in [-0.1, -0.05) is 44.8 Å². The number of ether oxygens (including phenoxy) is 1. The summed E-state index contributed by atoms with van der Waals surface area (Å²) >= 11 is 0. The molecular formula is C22H39NO5. The van der Waals surface area contributed by atoms with Gasteiger partial charge in [0.05, 0.1) is 31.3 Å². The molecule has 6 heteroatoms. The third kappa shape index (κ3) is 9.69. The molecular weight excluding hydrogens is 358 g/mol. The molecule has 162 valence electrons. The van der Waals surface area contributed by atoms with Gasteiger partial charge < -0.3 is 19.8 Å². The van der Waals surface area contributed by atoms with E-state index >= 15 is 0 Å². The average molecular weight is 398 g/mol. The number of unbranched alkanes of at least 4 members (excludes halogenated alkanes) is 4. The number of likely N-dealkylation sites (tertiary alicyclic amines) is 1. The molecule has 0 radical (unpaired) electrons. The average Bonchev–Trinajstić information content (AvgIpc) is 2.93. The second kappa shape index (κ2) is 14.6. The third-order valence-electron chi connectivity index (χ3n) is 5.24. The van der Waals surface area contributed by atoms with Gasteiger partial charge in [0.1, 0.15) is 0 Å². The van der Waals surface area contributed by atoms with Crippen LogP contribution in [0.15, 0.2) is 12.2 Å². The van der Waals surface area contributed by atoms with Crippen LogP contribution in [0.4, 0.5) is 0 Å². The lowest BCUT2D eigenvalue weighted by Crippen LogP contribution is -2.38. The summed E-state index contributed by atoms with van der Waals surface area (Å²) in [7, 11) is 0. The van der Waals surface area contributed by atoms with Crippen LogP contribution in [0.25, 0.3) is 0 Å². The zero-order valence-corrected chi connectivity index (χ0v) is 17.6. The number of rotatable bonds is 15. The Morgan fingerprint density at radius 3 is 2.71 bits per heavy atom. The Labute approximate surface area is 169 Å². The summed E-state index contributed by atoms with van der Waals surface area (Å²) in [4.78, 5) is 25.2. The lowest BCUT2D eigenvalue weighted by Gasteiger charge is -2.26. The molecule has 0 aromatic carbocycles. The molecule has 6 nitrogen and oxygen atoms in total. The van der Waals surface area contributed by atoms with Gasteiger partial charge in [0.15, 0.2) is 0 Å². The Morgan fingerprint density at radius 2 is 2.00 bits per heavy atom. The first-order valence-electron chi connectivity index (χ1n) is 11.0. The lowest BCUT2D eigenvalue weighted by atomic mass is 10.1. The topological polar surface area (TPSA) is 87.1 Å². The number of allylic oxidation sites excluding steroid dienone is 1. The minimum atomic E-state index is -0.654. The first kappa shape index (κ1) is 24.6. The number of hydrogen-bond donors (Lipinski definition) is 2. The molecule has 1 amide bonds. The van der Waals surface area contributed by atoms with E-state index in [9.17, 15) is 19.8 Å². The van der Waals surface area contributed by atoms with Crippen LogP contribution in [-0.2, 0) is 14.3 Å². The van der Waals surface area contributed by atoms with Crippen LogP contribution in [0.2, 0.25) is 0 Å². The summed E-state index contributed by atoms with van der Waals surface area (Å²) in [6.45, 7) is 4.86. The van der Waals surface area contributed by atoms with E-state index in [4.69, 9.17) is 4.74 Å². The maximum Gasteiger partial charge on any atom is 0.305 e. The van der Waals surface area contributed by atoms with Gasteiger partial charge in [-0.3, -0.25) is 9.59 Å². The fourth-order valence-electron chi connectivity index (χ4n) is 3.59. The molecule has 1 fully saturated rings. The van der Waals surface area contributed by atoms with E-state index in [1.165, 1.54) is 12.8 Å². The van der Waals surface area contributed by atoms with Crippen LogP contribution in [-0.4, -0.2) is 58.4 Å². The number of aliphatic hydroxyl groups is 2. The van der Waals surface area contributed by atoms with Crippen LogP contribution in [0.5, 0.6) is 0 Å². The number of aliphatic hydroxyl groups excluding tert-OH is 2. The number of nitrogens with zero attached hydrogens (tertiary/aromatic N) is 1. The standard InChI is InChI=1S/C22H39NO5/c1-3-5-6-9-12-18(24)15-16-23-19(20(25)17-21(23)26)13-10-7-8-11-14-22(27)28-4-2/h7,10,18-20,24-25H,3-6,8-9,11-17H2,1-2H3. The zero-order chi connectivity index (χ0) is 20.8. The molecule has 0 aromatic rings. The Bertz CT molecular complexity index is 480. The summed E-state index contributed by atoms with van der Waals surface area (Å²) in [5.41, 5.74) is 0. The van der Waals surface area contributed by atoms with Crippen LogP contribution < -0.4 is 0 Å². The quantitative estimate of drug-likeness (QED) is 0.251. The van der Waals surface area contributed by atoms with Gasteiger partial charge in [-0.05, 0) is 39.0 Å². The number of hydrogen-bond acceptors (Lipinski definition) is 5. The monoisotopic (exact) mass is 397 g/mol. The van der Waals surface area contributed by atoms with E-state index in [0.29, 0.717) is 32.4 Å². The molecule has 0 spiro atoms. The number of carbonyl (C=O) groups is 2. The van der Waals surface area contributed by atoms with E-state index in [-0.39, 0.29) is 30.4 Å². The molecule has 3 unspecified atom stereocenters. The predicted octanol–water partition coefficient (Wildman–Crippen LogP) is 3.35. The second-order valence-electron chi connectivity index (χ2n) is 7.62. The smallest absolute Gasteiger partial charge is 0.305 e. The molecule has 1 aliphatic heterocycles. The summed E-state index contributed by atoms with van der Waals surface area (Å²) in [6.07, 6.45) is 11.5. The van der Waals surface area contributed by atoms with E-state index in [1.807, 2.05) is 12.2 Å². The van der Waals surface area contributed by atoms with Gasteiger partial charge in [-0.25, -0.2) is 0 Å². The summed E-state index contributed by atoms with van der Waals surface area (Å²) in [5, 5.41) is 20.4. The summed E-state index contributed by atoms with van der Waals surface area (Å²) < 4.78 is 4.89. The fraction of sp³-hybridized carbons (Fsp3) is 0.818. The Morgan fingerprint density at radius 1 is 1.21 bits per heavy atom. The highest BCUT2D eigenvalue weighted by molar-refractivity contribution is 5.79. The maximum atomic E-state index is 12.2. The fourth-order valence-corrected chi connectivity index (χ4v) is 3.59. The van der Waals surface area contributed by atoms with Gasteiger partial charge in [-0.15, -0.1) is 0 Å². The van der Waals surface area contributed by atoms with Crippen molar-refractivity contribution < 1.29 is 24.5 Å². The van der Waals surface area contributed by atoms with Crippen LogP contribution >= 0.6 is 0 Å². The van der Waals surface area contributed by atoms with Crippen molar-refractivity contribution in [2.75, 3.05) is 13.2 Å². The van der Waals surface area contributed by atoms with Crippen molar-refractivity contribution in [1.29, 1.82) is 0 Å². The van der Waals surface area contributed by atoms with Gasteiger partial charge in [0.2, 0.25) is 5.91 Å². The Balaban J connectivity index is 2.33. The minimum absolute atomic E-state index is 0.0357. The normalized spacial score (nSPS) is 20.9. The molecule has 0 saturated carbocycles. The maximum absolute atomic E-state index is 12.2. The van der Waals surface area contributed by atoms with Gasteiger partial charge in [-0.2, -0.15) is 0 Å². The van der Waals surface area contributed by atoms with E-state index in [1.54, 1.807) is 11.8 Å². The molecule has 1 aliphatic rings. The highest BCUT2D eigenvalue weighted by Gasteiger charge is 2.37. The summed E-state index contributed by atoms with van der Waals surface area (Å²) in [5.74, 6) is -0.210. The summed E-state index contributed by atoms with van der Waals surface area (Å²) in [6, 6.07) is -0.221. The minimum Gasteiger partial charge on any atom is -0.466 e. The lowest BCUT2D eigenvalue weighted by molar-refractivity contribution is -0.143. The zero-order valence-electron chi connectivity index (χ0n) is 17.6. The SMILES string of the molecule is CCCCCCC(O)CCN1C(=O)CC(O)C1CC=CCCCC(=O)OCC. The van der Waals surface area contributed by atoms with Crippen molar-refractivity contribution >= 4 is 11.9 Å². The molecule has 28 heavy (non-hydrogen) atoms. The van der Waals surface area contributed by atoms with Crippen molar-refractivity contribution in [1.82, 2.24) is 4.90 Å². The van der Waals surface area contributed by atoms with Crippen LogP contribution in [0, 0.1) is 0 Å². The first-order chi connectivity index (χ1) is 13.5. The van der Waals surface area contributed by atoms with Crippen molar-refractivity contribution in [2.45, 2.75) is 103 Å². The molecule has 0 bridgehead atoms. The molecule has 1 heterocycles. The van der Waals surface area contributed by atoms with E-state index < -0.39 is 6.10 Å². The number of carbonyl (C=O) groups excluding carboxylic acids is 2. The van der Waals surface area contributed by atoms with Crippen LogP contribution in [0.3, 0.4) is 0 Å². The van der Waals surface area contributed by atoms with E-state index in [0.717, 1.165) is 32.1 Å². The molecule has 2 N–H and O–H groups in total. The molecule has 0 aliphatic carbocycles. The molecule has 3 atom stereocenters. The molecule has 1 rings (SSSR count). The molecule has 1 saturated heterocycles. The van der Waals surface area contributed by atoms with Gasteiger partial charge in [0.25, 0.3) is 0 Å². The Kier molecular flexibility index (Phi) is 12.8. The highest BCUT2D eigenvalue weighted by atomic mass is 16.5. The van der Waals surface area contributed by atoms with Gasteiger partial charge in [0, 0.05) is 13.0 Å². The van der Waals surface area contributed by atoms with Crippen molar-refractivity contribution in [3.63, 3.8) is 0 Å². The largest absolute Gasteiger partial charge is 0.466 e. The van der Waals surface area contributed by atoms with Crippen molar-refractivity contribution in [3.05, 3.63) is 12.2 Å². The first-order valence-corrected chi connectivity index (χ1v) is 11.0. The van der Waals surface area contributed by atoms with Crippen molar-refractivity contribution in [2.24, 2.45) is 0 Å².